The monoisotopic (exact) mass is 416 g/mol. The molecule has 31 heavy (non-hydrogen) atoms. The van der Waals surface area contributed by atoms with Crippen LogP contribution in [0.1, 0.15) is 48.1 Å². The molecule has 2 aromatic heterocycles. The Bertz CT molecular complexity index is 1120. The van der Waals surface area contributed by atoms with Crippen LogP contribution in [0.15, 0.2) is 35.5 Å². The van der Waals surface area contributed by atoms with Crippen molar-refractivity contribution in [3.63, 3.8) is 0 Å². The third-order valence-electron chi connectivity index (χ3n) is 6.37. The molecule has 0 fully saturated rings. The summed E-state index contributed by atoms with van der Waals surface area (Å²) in [5.74, 6) is 2.21. The first-order valence-electron chi connectivity index (χ1n) is 10.9. The van der Waals surface area contributed by atoms with Gasteiger partial charge in [-0.3, -0.25) is 0 Å². The van der Waals surface area contributed by atoms with Gasteiger partial charge in [0, 0.05) is 25.9 Å². The molecule has 5 nitrogen and oxygen atoms in total. The van der Waals surface area contributed by atoms with Gasteiger partial charge in [-0.1, -0.05) is 25.1 Å². The van der Waals surface area contributed by atoms with Crippen molar-refractivity contribution >= 4 is 5.82 Å². The smallest absolute Gasteiger partial charge is 0.260 e. The highest BCUT2D eigenvalue weighted by Gasteiger charge is 2.31. The number of hydrogen-bond donors (Lipinski definition) is 0. The Labute approximate surface area is 185 Å². The second-order valence-corrected chi connectivity index (χ2v) is 9.69. The van der Waals surface area contributed by atoms with Crippen LogP contribution in [0.5, 0.6) is 0 Å². The van der Waals surface area contributed by atoms with Crippen molar-refractivity contribution in [2.45, 2.75) is 53.4 Å². The van der Waals surface area contributed by atoms with Gasteiger partial charge in [0.15, 0.2) is 0 Å². The first-order valence-corrected chi connectivity index (χ1v) is 10.9. The summed E-state index contributed by atoms with van der Waals surface area (Å²) < 4.78 is 5.75. The zero-order valence-electron chi connectivity index (χ0n) is 19.5. The van der Waals surface area contributed by atoms with E-state index in [9.17, 15) is 0 Å². The number of rotatable bonds is 5. The molecule has 0 bridgehead atoms. The minimum atomic E-state index is 0.264. The Morgan fingerprint density at radius 3 is 2.52 bits per heavy atom. The van der Waals surface area contributed by atoms with Gasteiger partial charge in [-0.2, -0.15) is 4.98 Å². The van der Waals surface area contributed by atoms with Gasteiger partial charge in [-0.15, -0.1) is 6.58 Å². The third kappa shape index (κ3) is 4.01. The first-order chi connectivity index (χ1) is 14.7. The van der Waals surface area contributed by atoms with E-state index in [1.54, 1.807) is 0 Å². The number of aromatic nitrogens is 3. The van der Waals surface area contributed by atoms with E-state index in [2.05, 4.69) is 70.6 Å². The fourth-order valence-electron chi connectivity index (χ4n) is 4.69. The third-order valence-corrected chi connectivity index (χ3v) is 6.37. The lowest BCUT2D eigenvalue weighted by molar-refractivity contribution is 0.315. The van der Waals surface area contributed by atoms with Gasteiger partial charge in [-0.05, 0) is 84.9 Å². The molecule has 162 valence electrons. The SMILES string of the molecule is C=CCc1c(C)cc(-c2noc(-c3cnc(N(C)C)c4c3CCC(C)(C)C4)n2)cc1C. The normalized spacial score (nSPS) is 14.9. The molecule has 0 spiro atoms. The highest BCUT2D eigenvalue weighted by atomic mass is 16.5. The van der Waals surface area contributed by atoms with Gasteiger partial charge >= 0.3 is 0 Å². The molecule has 0 amide bonds. The maximum atomic E-state index is 5.75. The molecule has 1 aliphatic carbocycles. The maximum Gasteiger partial charge on any atom is 0.260 e. The Morgan fingerprint density at radius 1 is 1.16 bits per heavy atom. The van der Waals surface area contributed by atoms with Crippen LogP contribution in [0.2, 0.25) is 0 Å². The van der Waals surface area contributed by atoms with Crippen LogP contribution in [0, 0.1) is 19.3 Å². The molecule has 0 N–H and O–H groups in total. The van der Waals surface area contributed by atoms with Crippen LogP contribution in [-0.2, 0) is 19.3 Å². The maximum absolute atomic E-state index is 5.75. The summed E-state index contributed by atoms with van der Waals surface area (Å²) in [6.45, 7) is 12.8. The molecule has 4 rings (SSSR count). The summed E-state index contributed by atoms with van der Waals surface area (Å²) in [5, 5.41) is 4.31. The number of hydrogen-bond acceptors (Lipinski definition) is 5. The van der Waals surface area contributed by atoms with Crippen LogP contribution in [0.4, 0.5) is 5.82 Å². The van der Waals surface area contributed by atoms with Crippen LogP contribution in [0.25, 0.3) is 22.8 Å². The van der Waals surface area contributed by atoms with Gasteiger partial charge in [0.2, 0.25) is 5.82 Å². The summed E-state index contributed by atoms with van der Waals surface area (Å²) >= 11 is 0. The van der Waals surface area contributed by atoms with E-state index in [4.69, 9.17) is 14.5 Å². The van der Waals surface area contributed by atoms with Crippen molar-refractivity contribution in [3.05, 3.63) is 58.8 Å². The van der Waals surface area contributed by atoms with Crippen molar-refractivity contribution in [1.82, 2.24) is 15.1 Å². The van der Waals surface area contributed by atoms with Crippen LogP contribution in [-0.4, -0.2) is 29.2 Å². The van der Waals surface area contributed by atoms with Crippen molar-refractivity contribution in [3.8, 4) is 22.8 Å². The summed E-state index contributed by atoms with van der Waals surface area (Å²) in [5.41, 5.74) is 8.55. The summed E-state index contributed by atoms with van der Waals surface area (Å²) in [4.78, 5) is 11.6. The van der Waals surface area contributed by atoms with E-state index >= 15 is 0 Å². The predicted molar refractivity (Wildman–Crippen MR) is 126 cm³/mol. The fraction of sp³-hybridized carbons (Fsp3) is 0.423. The Kier molecular flexibility index (Phi) is 5.46. The molecule has 1 aliphatic rings. The number of nitrogens with zero attached hydrogens (tertiary/aromatic N) is 4. The topological polar surface area (TPSA) is 55.1 Å². The lowest BCUT2D eigenvalue weighted by Gasteiger charge is -2.34. The molecule has 0 saturated heterocycles. The molecule has 0 saturated carbocycles. The average Bonchev–Trinajstić information content (AvgIpc) is 3.18. The molecular formula is C26H32N4O. The van der Waals surface area contributed by atoms with Crippen LogP contribution >= 0.6 is 0 Å². The van der Waals surface area contributed by atoms with Crippen molar-refractivity contribution in [2.75, 3.05) is 19.0 Å². The number of aryl methyl sites for hydroxylation is 2. The molecular weight excluding hydrogens is 384 g/mol. The quantitative estimate of drug-likeness (QED) is 0.498. The average molecular weight is 417 g/mol. The van der Waals surface area contributed by atoms with E-state index in [0.29, 0.717) is 11.7 Å². The fourth-order valence-corrected chi connectivity index (χ4v) is 4.69. The van der Waals surface area contributed by atoms with Gasteiger partial charge < -0.3 is 9.42 Å². The molecule has 1 aromatic carbocycles. The van der Waals surface area contributed by atoms with Crippen molar-refractivity contribution < 1.29 is 4.52 Å². The molecule has 0 radical (unpaired) electrons. The second kappa shape index (κ2) is 7.95. The molecule has 5 heteroatoms. The largest absolute Gasteiger partial charge is 0.363 e. The number of allylic oxidation sites excluding steroid dienone is 1. The summed E-state index contributed by atoms with van der Waals surface area (Å²) in [6.07, 6.45) is 7.83. The zero-order valence-corrected chi connectivity index (χ0v) is 19.5. The van der Waals surface area contributed by atoms with E-state index in [0.717, 1.165) is 42.6 Å². The molecule has 2 heterocycles. The number of fused-ring (bicyclic) bond motifs is 1. The molecule has 3 aromatic rings. The summed E-state index contributed by atoms with van der Waals surface area (Å²) in [6, 6.07) is 4.26. The standard InChI is InChI=1S/C26H32N4O/c1-8-9-19-16(2)12-18(13-17(19)3)23-28-25(31-29-23)22-15-27-24(30(6)7)21-14-26(4,5)11-10-20(21)22/h8,12-13,15H,1,9-11,14H2,2-7H3. The molecule has 0 unspecified atom stereocenters. The summed E-state index contributed by atoms with van der Waals surface area (Å²) in [7, 11) is 4.10. The van der Waals surface area contributed by atoms with Gasteiger partial charge in [0.25, 0.3) is 5.89 Å². The molecule has 0 aliphatic heterocycles. The highest BCUT2D eigenvalue weighted by molar-refractivity contribution is 5.68. The van der Waals surface area contributed by atoms with E-state index in [1.165, 1.54) is 27.8 Å². The van der Waals surface area contributed by atoms with E-state index < -0.39 is 0 Å². The number of benzene rings is 1. The van der Waals surface area contributed by atoms with Gasteiger partial charge in [0.05, 0.1) is 5.56 Å². The van der Waals surface area contributed by atoms with Gasteiger partial charge in [0.1, 0.15) is 5.82 Å². The lowest BCUT2D eigenvalue weighted by Crippen LogP contribution is -2.26. The number of anilines is 1. The predicted octanol–water partition coefficient (Wildman–Crippen LogP) is 5.72. The minimum Gasteiger partial charge on any atom is -0.363 e. The molecule has 0 atom stereocenters. The Morgan fingerprint density at radius 2 is 1.87 bits per heavy atom. The van der Waals surface area contributed by atoms with Gasteiger partial charge in [-0.25, -0.2) is 4.98 Å². The highest BCUT2D eigenvalue weighted by Crippen LogP contribution is 2.41. The first kappa shape index (κ1) is 21.3. The second-order valence-electron chi connectivity index (χ2n) is 9.69. The Balaban J connectivity index is 1.76. The van der Waals surface area contributed by atoms with E-state index in [-0.39, 0.29) is 5.41 Å². The van der Waals surface area contributed by atoms with Crippen molar-refractivity contribution in [1.29, 1.82) is 0 Å². The van der Waals surface area contributed by atoms with Crippen molar-refractivity contribution in [2.24, 2.45) is 5.41 Å². The van der Waals surface area contributed by atoms with Crippen LogP contribution in [0.3, 0.4) is 0 Å². The minimum absolute atomic E-state index is 0.264. The van der Waals surface area contributed by atoms with E-state index in [1.807, 2.05) is 12.3 Å². The lowest BCUT2D eigenvalue weighted by atomic mass is 9.73. The van der Waals surface area contributed by atoms with Crippen LogP contribution < -0.4 is 4.90 Å². The Hall–Kier alpha value is -2.95. The zero-order chi connectivity index (χ0) is 22.3. The number of pyridine rings is 1.